The molecular formula is C14H15F3N2S. The molecule has 2 nitrogen and oxygen atoms in total. The summed E-state index contributed by atoms with van der Waals surface area (Å²) in [5.74, 6) is 0. The van der Waals surface area contributed by atoms with E-state index in [1.807, 2.05) is 6.07 Å². The maximum atomic E-state index is 12.7. The molecule has 1 heterocycles. The number of rotatable bonds is 5. The highest BCUT2D eigenvalue weighted by Gasteiger charge is 2.30. The van der Waals surface area contributed by atoms with Crippen LogP contribution in [0.1, 0.15) is 23.8 Å². The monoisotopic (exact) mass is 300 g/mol. The van der Waals surface area contributed by atoms with Crippen LogP contribution in [0.4, 0.5) is 13.2 Å². The van der Waals surface area contributed by atoms with Crippen molar-refractivity contribution in [2.24, 2.45) is 0 Å². The third-order valence-corrected chi connectivity index (χ3v) is 3.56. The van der Waals surface area contributed by atoms with Crippen molar-refractivity contribution in [2.75, 3.05) is 6.54 Å². The van der Waals surface area contributed by atoms with Crippen LogP contribution in [0.25, 0.3) is 11.3 Å². The van der Waals surface area contributed by atoms with E-state index in [0.717, 1.165) is 30.0 Å². The van der Waals surface area contributed by atoms with Crippen molar-refractivity contribution in [3.63, 3.8) is 0 Å². The van der Waals surface area contributed by atoms with Crippen LogP contribution in [0.3, 0.4) is 0 Å². The van der Waals surface area contributed by atoms with E-state index < -0.39 is 11.7 Å². The van der Waals surface area contributed by atoms with E-state index in [1.165, 1.54) is 17.6 Å². The fourth-order valence-corrected chi connectivity index (χ4v) is 2.48. The molecule has 6 heteroatoms. The van der Waals surface area contributed by atoms with Crippen molar-refractivity contribution in [3.05, 3.63) is 40.8 Å². The zero-order chi connectivity index (χ0) is 14.6. The molecule has 0 aliphatic rings. The van der Waals surface area contributed by atoms with Gasteiger partial charge in [0.2, 0.25) is 0 Å². The highest BCUT2D eigenvalue weighted by Crippen LogP contribution is 2.32. The summed E-state index contributed by atoms with van der Waals surface area (Å²) >= 11 is 1.31. The molecule has 20 heavy (non-hydrogen) atoms. The fourth-order valence-electron chi connectivity index (χ4n) is 1.78. The molecule has 2 rings (SSSR count). The summed E-state index contributed by atoms with van der Waals surface area (Å²) in [6.07, 6.45) is -3.28. The van der Waals surface area contributed by atoms with Gasteiger partial charge >= 0.3 is 6.18 Å². The Kier molecular flexibility index (Phi) is 4.77. The number of benzene rings is 1. The van der Waals surface area contributed by atoms with Crippen molar-refractivity contribution in [1.82, 2.24) is 9.69 Å². The molecule has 0 radical (unpaired) electrons. The maximum Gasteiger partial charge on any atom is 0.416 e. The molecule has 1 aromatic carbocycles. The molecule has 0 saturated heterocycles. The van der Waals surface area contributed by atoms with Crippen LogP contribution in [-0.4, -0.2) is 10.9 Å². The predicted octanol–water partition coefficient (Wildman–Crippen LogP) is 4.33. The molecule has 0 spiro atoms. The van der Waals surface area contributed by atoms with Crippen molar-refractivity contribution in [1.29, 1.82) is 0 Å². The van der Waals surface area contributed by atoms with E-state index in [2.05, 4.69) is 16.6 Å². The summed E-state index contributed by atoms with van der Waals surface area (Å²) in [6.45, 7) is 3.69. The average molecular weight is 300 g/mol. The molecule has 0 amide bonds. The normalized spacial score (nSPS) is 11.8. The van der Waals surface area contributed by atoms with Crippen molar-refractivity contribution in [3.8, 4) is 11.3 Å². The van der Waals surface area contributed by atoms with E-state index in [1.54, 1.807) is 6.07 Å². The van der Waals surface area contributed by atoms with Gasteiger partial charge in [-0.25, -0.2) is 0 Å². The highest BCUT2D eigenvalue weighted by molar-refractivity contribution is 7.06. The minimum atomic E-state index is -4.32. The minimum Gasteiger partial charge on any atom is -0.312 e. The van der Waals surface area contributed by atoms with Gasteiger partial charge in [-0.1, -0.05) is 19.1 Å². The van der Waals surface area contributed by atoms with Gasteiger partial charge in [0, 0.05) is 17.0 Å². The Morgan fingerprint density at radius 3 is 2.75 bits per heavy atom. The number of hydrogen-bond acceptors (Lipinski definition) is 3. The van der Waals surface area contributed by atoms with E-state index in [4.69, 9.17) is 0 Å². The Hall–Kier alpha value is -1.40. The topological polar surface area (TPSA) is 24.9 Å². The molecule has 0 fully saturated rings. The summed E-state index contributed by atoms with van der Waals surface area (Å²) in [7, 11) is 0. The van der Waals surface area contributed by atoms with Gasteiger partial charge in [0.05, 0.1) is 11.3 Å². The van der Waals surface area contributed by atoms with Gasteiger partial charge in [-0.15, -0.1) is 0 Å². The molecule has 0 saturated carbocycles. The smallest absolute Gasteiger partial charge is 0.312 e. The summed E-state index contributed by atoms with van der Waals surface area (Å²) in [5, 5.41) is 3.24. The van der Waals surface area contributed by atoms with Crippen LogP contribution in [0.2, 0.25) is 0 Å². The summed E-state index contributed by atoms with van der Waals surface area (Å²) in [4.78, 5) is 1.02. The third-order valence-electron chi connectivity index (χ3n) is 2.77. The zero-order valence-corrected chi connectivity index (χ0v) is 11.8. The lowest BCUT2D eigenvalue weighted by atomic mass is 10.1. The molecular weight excluding hydrogens is 285 g/mol. The van der Waals surface area contributed by atoms with Crippen LogP contribution >= 0.6 is 11.5 Å². The number of alkyl halides is 3. The lowest BCUT2D eigenvalue weighted by molar-refractivity contribution is -0.137. The number of halogens is 3. The van der Waals surface area contributed by atoms with E-state index >= 15 is 0 Å². The SMILES string of the molecule is CCCNCc1cc(-c2cccc(C(F)(F)F)c2)ns1. The summed E-state index contributed by atoms with van der Waals surface area (Å²) < 4.78 is 42.2. The molecule has 1 aromatic heterocycles. The molecule has 0 atom stereocenters. The van der Waals surface area contributed by atoms with Gasteiger partial charge in [0.25, 0.3) is 0 Å². The second-order valence-electron chi connectivity index (χ2n) is 4.43. The number of nitrogens with one attached hydrogen (secondary N) is 1. The standard InChI is InChI=1S/C14H15F3N2S/c1-2-6-18-9-12-8-13(19-20-12)10-4-3-5-11(7-10)14(15,16)17/h3-5,7-8,18H,2,6,9H2,1H3. The highest BCUT2D eigenvalue weighted by atomic mass is 32.1. The van der Waals surface area contributed by atoms with Gasteiger partial charge in [-0.2, -0.15) is 17.5 Å². The van der Waals surface area contributed by atoms with Crippen molar-refractivity contribution < 1.29 is 13.2 Å². The second kappa shape index (κ2) is 6.37. The van der Waals surface area contributed by atoms with Crippen LogP contribution in [0.5, 0.6) is 0 Å². The molecule has 0 unspecified atom stereocenters. The first-order valence-corrected chi connectivity index (χ1v) is 7.12. The number of hydrogen-bond donors (Lipinski definition) is 1. The van der Waals surface area contributed by atoms with Gasteiger partial charge < -0.3 is 5.32 Å². The summed E-state index contributed by atoms with van der Waals surface area (Å²) in [6, 6.07) is 7.10. The van der Waals surface area contributed by atoms with E-state index in [0.29, 0.717) is 17.8 Å². The Labute approximate surface area is 119 Å². The second-order valence-corrected chi connectivity index (χ2v) is 5.32. The lowest BCUT2D eigenvalue weighted by Crippen LogP contribution is -2.12. The van der Waals surface area contributed by atoms with Gasteiger partial charge in [-0.05, 0) is 42.7 Å². The Morgan fingerprint density at radius 2 is 2.05 bits per heavy atom. The molecule has 108 valence electrons. The van der Waals surface area contributed by atoms with Crippen LogP contribution in [0, 0.1) is 0 Å². The van der Waals surface area contributed by atoms with Gasteiger partial charge in [0.15, 0.2) is 0 Å². The zero-order valence-electron chi connectivity index (χ0n) is 11.0. The first kappa shape index (κ1) is 15.0. The quantitative estimate of drug-likeness (QED) is 0.831. The predicted molar refractivity (Wildman–Crippen MR) is 74.5 cm³/mol. The van der Waals surface area contributed by atoms with Crippen molar-refractivity contribution >= 4 is 11.5 Å². The summed E-state index contributed by atoms with van der Waals surface area (Å²) in [5.41, 5.74) is 0.445. The lowest BCUT2D eigenvalue weighted by Gasteiger charge is -2.07. The first-order chi connectivity index (χ1) is 9.50. The van der Waals surface area contributed by atoms with Crippen LogP contribution in [0.15, 0.2) is 30.3 Å². The van der Waals surface area contributed by atoms with Gasteiger partial charge in [0.1, 0.15) is 0 Å². The third kappa shape index (κ3) is 3.80. The number of aromatic nitrogens is 1. The largest absolute Gasteiger partial charge is 0.416 e. The first-order valence-electron chi connectivity index (χ1n) is 6.34. The molecule has 0 aliphatic carbocycles. The van der Waals surface area contributed by atoms with E-state index in [9.17, 15) is 13.2 Å². The van der Waals surface area contributed by atoms with Crippen molar-refractivity contribution in [2.45, 2.75) is 26.1 Å². The van der Waals surface area contributed by atoms with Crippen LogP contribution < -0.4 is 5.32 Å². The van der Waals surface area contributed by atoms with Gasteiger partial charge in [-0.3, -0.25) is 0 Å². The Morgan fingerprint density at radius 1 is 1.25 bits per heavy atom. The Bertz CT molecular complexity index is 564. The van der Waals surface area contributed by atoms with E-state index in [-0.39, 0.29) is 0 Å². The minimum absolute atomic E-state index is 0.498. The molecule has 0 aliphatic heterocycles. The molecule has 1 N–H and O–H groups in total. The number of nitrogens with zero attached hydrogens (tertiary/aromatic N) is 1. The molecule has 2 aromatic rings. The van der Waals surface area contributed by atoms with Crippen LogP contribution in [-0.2, 0) is 12.7 Å². The Balaban J connectivity index is 2.16. The average Bonchev–Trinajstić information content (AvgIpc) is 2.87. The fraction of sp³-hybridized carbons (Fsp3) is 0.357. The maximum absolute atomic E-state index is 12.7. The molecule has 0 bridgehead atoms.